The fraction of sp³-hybridized carbons (Fsp3) is 0.381. The second kappa shape index (κ2) is 7.93. The van der Waals surface area contributed by atoms with E-state index < -0.39 is 10.0 Å². The lowest BCUT2D eigenvalue weighted by Crippen LogP contribution is -2.49. The number of ether oxygens (including phenoxy) is 1. The Morgan fingerprint density at radius 1 is 0.964 bits per heavy atom. The van der Waals surface area contributed by atoms with Gasteiger partial charge in [0.05, 0.1) is 7.11 Å². The van der Waals surface area contributed by atoms with Crippen LogP contribution in [0.1, 0.15) is 27.0 Å². The maximum atomic E-state index is 13.2. The molecule has 1 heterocycles. The molecule has 0 bridgehead atoms. The number of aldehydes is 1. The van der Waals surface area contributed by atoms with Crippen LogP contribution in [0, 0.1) is 20.8 Å². The molecule has 1 aliphatic heterocycles. The summed E-state index contributed by atoms with van der Waals surface area (Å²) in [5.41, 5.74) is 4.67. The van der Waals surface area contributed by atoms with Crippen LogP contribution in [0.15, 0.2) is 35.2 Å². The van der Waals surface area contributed by atoms with Crippen molar-refractivity contribution in [2.75, 3.05) is 38.2 Å². The number of sulfonamides is 1. The van der Waals surface area contributed by atoms with Crippen molar-refractivity contribution in [1.82, 2.24) is 4.31 Å². The third-order valence-corrected chi connectivity index (χ3v) is 7.06. The number of hydrogen-bond acceptors (Lipinski definition) is 5. The molecule has 1 aliphatic rings. The number of anilines is 1. The Labute approximate surface area is 166 Å². The van der Waals surface area contributed by atoms with Crippen LogP contribution in [0.25, 0.3) is 0 Å². The lowest BCUT2D eigenvalue weighted by Gasteiger charge is -2.37. The van der Waals surface area contributed by atoms with Crippen molar-refractivity contribution in [3.63, 3.8) is 0 Å². The SMILES string of the molecule is COc1ccc(C)cc1S(=O)(=O)N1CCN(c2c(C)cc(C=O)cc2C)CC1. The molecule has 0 amide bonds. The van der Waals surface area contributed by atoms with Crippen molar-refractivity contribution in [1.29, 1.82) is 0 Å². The Bertz CT molecular complexity index is 970. The topological polar surface area (TPSA) is 66.9 Å². The van der Waals surface area contributed by atoms with Gasteiger partial charge in [-0.2, -0.15) is 4.31 Å². The average Bonchev–Trinajstić information content (AvgIpc) is 2.67. The molecule has 1 saturated heterocycles. The zero-order valence-corrected chi connectivity index (χ0v) is 17.5. The van der Waals surface area contributed by atoms with Gasteiger partial charge in [-0.1, -0.05) is 6.07 Å². The summed E-state index contributed by atoms with van der Waals surface area (Å²) < 4.78 is 33.1. The molecule has 0 aromatic heterocycles. The molecule has 2 aromatic rings. The van der Waals surface area contributed by atoms with Crippen LogP contribution in [-0.2, 0) is 10.0 Å². The Kier molecular flexibility index (Phi) is 5.76. The van der Waals surface area contributed by atoms with Gasteiger partial charge in [-0.3, -0.25) is 4.79 Å². The van der Waals surface area contributed by atoms with Gasteiger partial charge < -0.3 is 9.64 Å². The summed E-state index contributed by atoms with van der Waals surface area (Å²) in [5, 5.41) is 0. The Morgan fingerprint density at radius 2 is 1.57 bits per heavy atom. The Morgan fingerprint density at radius 3 is 2.11 bits per heavy atom. The molecule has 0 N–H and O–H groups in total. The summed E-state index contributed by atoms with van der Waals surface area (Å²) in [7, 11) is -2.15. The number of aryl methyl sites for hydroxylation is 3. The first-order valence-electron chi connectivity index (χ1n) is 9.24. The predicted octanol–water partition coefficient (Wildman–Crippen LogP) is 2.94. The molecule has 3 rings (SSSR count). The zero-order valence-electron chi connectivity index (χ0n) is 16.7. The molecule has 7 heteroatoms. The molecule has 0 atom stereocenters. The molecule has 1 fully saturated rings. The van der Waals surface area contributed by atoms with Gasteiger partial charge in [-0.15, -0.1) is 0 Å². The van der Waals surface area contributed by atoms with Crippen molar-refractivity contribution in [3.8, 4) is 5.75 Å². The highest BCUT2D eigenvalue weighted by molar-refractivity contribution is 7.89. The van der Waals surface area contributed by atoms with E-state index in [9.17, 15) is 13.2 Å². The van der Waals surface area contributed by atoms with Gasteiger partial charge in [0.25, 0.3) is 0 Å². The van der Waals surface area contributed by atoms with Crippen molar-refractivity contribution >= 4 is 22.0 Å². The van der Waals surface area contributed by atoms with Gasteiger partial charge in [-0.25, -0.2) is 8.42 Å². The number of hydrogen-bond donors (Lipinski definition) is 0. The summed E-state index contributed by atoms with van der Waals surface area (Å²) in [5.74, 6) is 0.365. The highest BCUT2D eigenvalue weighted by Crippen LogP contribution is 2.31. The van der Waals surface area contributed by atoms with Crippen LogP contribution in [0.2, 0.25) is 0 Å². The van der Waals surface area contributed by atoms with Crippen LogP contribution >= 0.6 is 0 Å². The maximum absolute atomic E-state index is 13.2. The van der Waals surface area contributed by atoms with Crippen LogP contribution in [0.3, 0.4) is 0 Å². The van der Waals surface area contributed by atoms with E-state index in [4.69, 9.17) is 4.74 Å². The first-order valence-corrected chi connectivity index (χ1v) is 10.7. The fourth-order valence-corrected chi connectivity index (χ4v) is 5.50. The van der Waals surface area contributed by atoms with E-state index in [2.05, 4.69) is 4.90 Å². The van der Waals surface area contributed by atoms with Crippen LogP contribution in [0.4, 0.5) is 5.69 Å². The minimum Gasteiger partial charge on any atom is -0.495 e. The number of nitrogens with zero attached hydrogens (tertiary/aromatic N) is 2. The molecular weight excluding hydrogens is 376 g/mol. The van der Waals surface area contributed by atoms with Crippen LogP contribution in [-0.4, -0.2) is 52.3 Å². The Hall–Kier alpha value is -2.38. The second-order valence-corrected chi connectivity index (χ2v) is 9.07. The minimum absolute atomic E-state index is 0.214. The van der Waals surface area contributed by atoms with Gasteiger partial charge in [0.15, 0.2) is 0 Å². The van der Waals surface area contributed by atoms with Gasteiger partial charge >= 0.3 is 0 Å². The highest BCUT2D eigenvalue weighted by Gasteiger charge is 2.31. The van der Waals surface area contributed by atoms with Gasteiger partial charge in [0.2, 0.25) is 10.0 Å². The van der Waals surface area contributed by atoms with E-state index in [1.807, 2.05) is 39.0 Å². The molecular formula is C21H26N2O4S. The highest BCUT2D eigenvalue weighted by atomic mass is 32.2. The number of piperazine rings is 1. The predicted molar refractivity (Wildman–Crippen MR) is 110 cm³/mol. The van der Waals surface area contributed by atoms with Crippen LogP contribution < -0.4 is 9.64 Å². The number of carbonyl (C=O) groups excluding carboxylic acids is 1. The van der Waals surface area contributed by atoms with Gasteiger partial charge in [0, 0.05) is 37.4 Å². The molecule has 0 aliphatic carbocycles. The molecule has 2 aromatic carbocycles. The van der Waals surface area contributed by atoms with Crippen molar-refractivity contribution in [3.05, 3.63) is 52.6 Å². The number of carbonyl (C=O) groups is 1. The normalized spacial score (nSPS) is 15.5. The van der Waals surface area contributed by atoms with E-state index in [1.165, 1.54) is 11.4 Å². The lowest BCUT2D eigenvalue weighted by molar-refractivity contribution is 0.112. The minimum atomic E-state index is -3.63. The van der Waals surface area contributed by atoms with Gasteiger partial charge in [-0.05, 0) is 61.7 Å². The van der Waals surface area contributed by atoms with E-state index in [-0.39, 0.29) is 4.90 Å². The molecule has 28 heavy (non-hydrogen) atoms. The van der Waals surface area contributed by atoms with Gasteiger partial charge in [0.1, 0.15) is 16.9 Å². The quantitative estimate of drug-likeness (QED) is 0.720. The van der Waals surface area contributed by atoms with Crippen LogP contribution in [0.5, 0.6) is 5.75 Å². The third kappa shape index (κ3) is 3.77. The lowest BCUT2D eigenvalue weighted by atomic mass is 10.0. The number of rotatable bonds is 5. The fourth-order valence-electron chi connectivity index (χ4n) is 3.83. The summed E-state index contributed by atoms with van der Waals surface area (Å²) in [6.07, 6.45) is 0.851. The number of benzene rings is 2. The van der Waals surface area contributed by atoms with E-state index in [0.29, 0.717) is 37.5 Å². The molecule has 0 radical (unpaired) electrons. The molecule has 0 unspecified atom stereocenters. The largest absolute Gasteiger partial charge is 0.495 e. The zero-order chi connectivity index (χ0) is 20.5. The summed E-state index contributed by atoms with van der Waals surface area (Å²) in [6, 6.07) is 8.93. The monoisotopic (exact) mass is 402 g/mol. The van der Waals surface area contributed by atoms with E-state index in [1.54, 1.807) is 12.1 Å². The van der Waals surface area contributed by atoms with E-state index in [0.717, 1.165) is 28.7 Å². The third-order valence-electron chi connectivity index (χ3n) is 5.14. The van der Waals surface area contributed by atoms with Crippen molar-refractivity contribution in [2.45, 2.75) is 25.7 Å². The smallest absolute Gasteiger partial charge is 0.246 e. The first kappa shape index (κ1) is 20.4. The van der Waals surface area contributed by atoms with Crippen molar-refractivity contribution in [2.24, 2.45) is 0 Å². The Balaban J connectivity index is 1.83. The molecule has 150 valence electrons. The summed E-state index contributed by atoms with van der Waals surface area (Å²) >= 11 is 0. The first-order chi connectivity index (χ1) is 13.3. The molecule has 0 saturated carbocycles. The summed E-state index contributed by atoms with van der Waals surface area (Å²) in [6.45, 7) is 7.81. The second-order valence-electron chi connectivity index (χ2n) is 7.17. The average molecular weight is 403 g/mol. The molecule has 6 nitrogen and oxygen atoms in total. The molecule has 0 spiro atoms. The van der Waals surface area contributed by atoms with E-state index >= 15 is 0 Å². The van der Waals surface area contributed by atoms with Crippen molar-refractivity contribution < 1.29 is 17.9 Å². The number of methoxy groups -OCH3 is 1. The summed E-state index contributed by atoms with van der Waals surface area (Å²) in [4.78, 5) is 13.5. The maximum Gasteiger partial charge on any atom is 0.246 e. The standard InChI is InChI=1S/C21H26N2O4S/c1-15-5-6-19(27-4)20(11-15)28(25,26)23-9-7-22(8-10-23)21-16(2)12-18(14-24)13-17(21)3/h5-6,11-14H,7-10H2,1-4H3.